The SMILES string of the molecule is Cc1cc(Br)cnc1N1CCC(N)CC1. The summed E-state index contributed by atoms with van der Waals surface area (Å²) in [6.45, 7) is 4.15. The van der Waals surface area contributed by atoms with Crippen molar-refractivity contribution >= 4 is 21.7 Å². The molecule has 0 saturated carbocycles. The third-order valence-corrected chi connectivity index (χ3v) is 3.29. The molecule has 2 N–H and O–H groups in total. The van der Waals surface area contributed by atoms with Crippen LogP contribution in [0.1, 0.15) is 18.4 Å². The lowest BCUT2D eigenvalue weighted by molar-refractivity contribution is 0.498. The standard InChI is InChI=1S/C11H16BrN3/c1-8-6-9(12)7-14-11(8)15-4-2-10(13)3-5-15/h6-7,10H,2-5,13H2,1H3. The van der Waals surface area contributed by atoms with E-state index in [4.69, 9.17) is 5.73 Å². The van der Waals surface area contributed by atoms with Crippen molar-refractivity contribution in [1.29, 1.82) is 0 Å². The van der Waals surface area contributed by atoms with Crippen molar-refractivity contribution in [3.63, 3.8) is 0 Å². The van der Waals surface area contributed by atoms with Gasteiger partial charge >= 0.3 is 0 Å². The summed E-state index contributed by atoms with van der Waals surface area (Å²) in [4.78, 5) is 6.79. The van der Waals surface area contributed by atoms with E-state index in [1.165, 1.54) is 5.56 Å². The van der Waals surface area contributed by atoms with Gasteiger partial charge in [0.25, 0.3) is 0 Å². The van der Waals surface area contributed by atoms with Gasteiger partial charge in [-0.3, -0.25) is 0 Å². The van der Waals surface area contributed by atoms with Crippen LogP contribution in [0.15, 0.2) is 16.7 Å². The fraction of sp³-hybridized carbons (Fsp3) is 0.545. The van der Waals surface area contributed by atoms with Crippen molar-refractivity contribution < 1.29 is 0 Å². The molecule has 0 radical (unpaired) electrons. The monoisotopic (exact) mass is 269 g/mol. The minimum absolute atomic E-state index is 0.372. The number of hydrogen-bond acceptors (Lipinski definition) is 3. The van der Waals surface area contributed by atoms with Gasteiger partial charge in [0.05, 0.1) is 0 Å². The van der Waals surface area contributed by atoms with Gasteiger partial charge in [0.1, 0.15) is 5.82 Å². The van der Waals surface area contributed by atoms with Crippen LogP contribution in [-0.2, 0) is 0 Å². The van der Waals surface area contributed by atoms with Gasteiger partial charge in [-0.1, -0.05) is 0 Å². The summed E-state index contributed by atoms with van der Waals surface area (Å²) in [5.74, 6) is 1.10. The second-order valence-electron chi connectivity index (χ2n) is 4.12. The molecule has 3 nitrogen and oxygen atoms in total. The first-order chi connectivity index (χ1) is 7.16. The fourth-order valence-electron chi connectivity index (χ4n) is 1.98. The zero-order valence-corrected chi connectivity index (χ0v) is 10.5. The molecule has 1 aliphatic rings. The lowest BCUT2D eigenvalue weighted by Crippen LogP contribution is -2.40. The maximum Gasteiger partial charge on any atom is 0.131 e. The number of aromatic nitrogens is 1. The number of pyridine rings is 1. The highest BCUT2D eigenvalue weighted by molar-refractivity contribution is 9.10. The first-order valence-electron chi connectivity index (χ1n) is 5.29. The van der Waals surface area contributed by atoms with Crippen LogP contribution >= 0.6 is 15.9 Å². The second kappa shape index (κ2) is 4.49. The van der Waals surface area contributed by atoms with Crippen LogP contribution in [0.5, 0.6) is 0 Å². The first-order valence-corrected chi connectivity index (χ1v) is 6.09. The molecule has 0 aromatic carbocycles. The van der Waals surface area contributed by atoms with Gasteiger partial charge in [-0.15, -0.1) is 0 Å². The van der Waals surface area contributed by atoms with Crippen LogP contribution in [0.3, 0.4) is 0 Å². The zero-order chi connectivity index (χ0) is 10.8. The Hall–Kier alpha value is -0.610. The lowest BCUT2D eigenvalue weighted by atomic mass is 10.1. The Balaban J connectivity index is 2.15. The van der Waals surface area contributed by atoms with Crippen molar-refractivity contribution in [3.05, 3.63) is 22.3 Å². The van der Waals surface area contributed by atoms with Gasteiger partial charge in [0, 0.05) is 29.8 Å². The van der Waals surface area contributed by atoms with Gasteiger partial charge in [-0.05, 0) is 47.3 Å². The van der Waals surface area contributed by atoms with Gasteiger partial charge < -0.3 is 10.6 Å². The molecular formula is C11H16BrN3. The van der Waals surface area contributed by atoms with Crippen LogP contribution in [-0.4, -0.2) is 24.1 Å². The largest absolute Gasteiger partial charge is 0.356 e. The molecule has 1 aromatic rings. The molecule has 1 aromatic heterocycles. The minimum atomic E-state index is 0.372. The molecule has 0 bridgehead atoms. The van der Waals surface area contributed by atoms with Crippen LogP contribution in [0.2, 0.25) is 0 Å². The molecule has 1 fully saturated rings. The van der Waals surface area contributed by atoms with Crippen molar-refractivity contribution in [1.82, 2.24) is 4.98 Å². The Morgan fingerprint density at radius 3 is 2.73 bits per heavy atom. The molecule has 82 valence electrons. The average Bonchev–Trinajstić information content (AvgIpc) is 2.20. The zero-order valence-electron chi connectivity index (χ0n) is 8.91. The van der Waals surface area contributed by atoms with E-state index in [1.54, 1.807) is 0 Å². The van der Waals surface area contributed by atoms with E-state index in [-0.39, 0.29) is 0 Å². The quantitative estimate of drug-likeness (QED) is 0.849. The third-order valence-electron chi connectivity index (χ3n) is 2.86. The topological polar surface area (TPSA) is 42.2 Å². The van der Waals surface area contributed by atoms with Crippen LogP contribution < -0.4 is 10.6 Å². The smallest absolute Gasteiger partial charge is 0.131 e. The number of piperidine rings is 1. The lowest BCUT2D eigenvalue weighted by Gasteiger charge is -2.32. The first kappa shape index (κ1) is 10.9. The van der Waals surface area contributed by atoms with Crippen molar-refractivity contribution in [2.24, 2.45) is 5.73 Å². The number of rotatable bonds is 1. The van der Waals surface area contributed by atoms with Crippen molar-refractivity contribution in [2.75, 3.05) is 18.0 Å². The fourth-order valence-corrected chi connectivity index (χ4v) is 2.42. The Labute approximate surface area is 98.8 Å². The predicted molar refractivity (Wildman–Crippen MR) is 66.1 cm³/mol. The van der Waals surface area contributed by atoms with Gasteiger partial charge in [0.15, 0.2) is 0 Å². The van der Waals surface area contributed by atoms with E-state index < -0.39 is 0 Å². The molecule has 2 rings (SSSR count). The highest BCUT2D eigenvalue weighted by Crippen LogP contribution is 2.23. The average molecular weight is 270 g/mol. The van der Waals surface area contributed by atoms with Gasteiger partial charge in [-0.25, -0.2) is 4.98 Å². The summed E-state index contributed by atoms with van der Waals surface area (Å²) in [6, 6.07) is 2.48. The molecule has 0 aliphatic carbocycles. The molecule has 1 aliphatic heterocycles. The van der Waals surface area contributed by atoms with Gasteiger partial charge in [-0.2, -0.15) is 0 Å². The number of aryl methyl sites for hydroxylation is 1. The van der Waals surface area contributed by atoms with E-state index in [2.05, 4.69) is 38.8 Å². The van der Waals surface area contributed by atoms with E-state index in [9.17, 15) is 0 Å². The van der Waals surface area contributed by atoms with Crippen LogP contribution in [0.25, 0.3) is 0 Å². The summed E-state index contributed by atoms with van der Waals surface area (Å²) in [7, 11) is 0. The van der Waals surface area contributed by atoms with E-state index in [0.29, 0.717) is 6.04 Å². The molecule has 0 spiro atoms. The van der Waals surface area contributed by atoms with E-state index >= 15 is 0 Å². The summed E-state index contributed by atoms with van der Waals surface area (Å²) in [6.07, 6.45) is 3.99. The second-order valence-corrected chi connectivity index (χ2v) is 5.03. The van der Waals surface area contributed by atoms with E-state index in [0.717, 1.165) is 36.2 Å². The summed E-state index contributed by atoms with van der Waals surface area (Å²) in [5, 5.41) is 0. The Morgan fingerprint density at radius 1 is 1.47 bits per heavy atom. The molecule has 0 atom stereocenters. The van der Waals surface area contributed by atoms with E-state index in [1.807, 2.05) is 6.20 Å². The third kappa shape index (κ3) is 2.49. The molecule has 2 heterocycles. The Bertz CT molecular complexity index is 346. The molecule has 15 heavy (non-hydrogen) atoms. The minimum Gasteiger partial charge on any atom is -0.356 e. The molecule has 1 saturated heterocycles. The molecule has 4 heteroatoms. The van der Waals surface area contributed by atoms with Crippen LogP contribution in [0, 0.1) is 6.92 Å². The van der Waals surface area contributed by atoms with Crippen molar-refractivity contribution in [2.45, 2.75) is 25.8 Å². The highest BCUT2D eigenvalue weighted by Gasteiger charge is 2.18. The number of nitrogens with zero attached hydrogens (tertiary/aromatic N) is 2. The molecule has 0 unspecified atom stereocenters. The predicted octanol–water partition coefficient (Wildman–Crippen LogP) is 2.08. The number of hydrogen-bond donors (Lipinski definition) is 1. The maximum atomic E-state index is 5.88. The summed E-state index contributed by atoms with van der Waals surface area (Å²) >= 11 is 3.43. The maximum absolute atomic E-state index is 5.88. The molecular weight excluding hydrogens is 254 g/mol. The number of halogens is 1. The summed E-state index contributed by atoms with van der Waals surface area (Å²) in [5.41, 5.74) is 7.10. The van der Waals surface area contributed by atoms with Crippen LogP contribution in [0.4, 0.5) is 5.82 Å². The molecule has 0 amide bonds. The summed E-state index contributed by atoms with van der Waals surface area (Å²) < 4.78 is 1.04. The number of nitrogens with two attached hydrogens (primary N) is 1. The van der Waals surface area contributed by atoms with Crippen molar-refractivity contribution in [3.8, 4) is 0 Å². The number of anilines is 1. The van der Waals surface area contributed by atoms with Gasteiger partial charge in [0.2, 0.25) is 0 Å². The highest BCUT2D eigenvalue weighted by atomic mass is 79.9. The Kier molecular flexibility index (Phi) is 3.26. The Morgan fingerprint density at radius 2 is 2.13 bits per heavy atom. The normalized spacial score (nSPS) is 18.2.